The zero-order chi connectivity index (χ0) is 54.2. The van der Waals surface area contributed by atoms with E-state index in [-0.39, 0.29) is 26.1 Å². The fourth-order valence-electron chi connectivity index (χ4n) is 7.73. The zero-order valence-electron chi connectivity index (χ0n) is 48.0. The number of allylic oxidation sites excluding steroid dienone is 18. The third-order valence-corrected chi connectivity index (χ3v) is 13.2. The number of rotatable bonds is 53. The standard InChI is InChI=1S/C64H110NO8P/c1-6-8-10-12-14-16-18-20-22-24-26-28-30-31-32-33-35-36-38-40-42-44-46-48-50-52-54-56-63(66)70-60-62(61-72-74(68,69)71-59-58-65(3,4)5)73-64(67)57-55-53-51-49-47-45-43-41-39-37-34-29-27-25-23-21-19-17-15-13-11-9-7-2/h9,11,15,17-18,20-21,23-24,26-27,29,37,39,43,45,49,51,62H,6-8,10,12-14,16,19,22,25,28,30-36,38,40-42,44,46-48,50,52-61H2,1-5H3/b11-9-,17-15-,20-18-,23-21-,26-24-,29-27-,39-37-,45-43-,51-49-. The highest BCUT2D eigenvalue weighted by molar-refractivity contribution is 7.45. The monoisotopic (exact) mass is 1050 g/mol. The van der Waals surface area contributed by atoms with Gasteiger partial charge in [-0.2, -0.15) is 0 Å². The third-order valence-electron chi connectivity index (χ3n) is 12.3. The molecule has 0 saturated carbocycles. The summed E-state index contributed by atoms with van der Waals surface area (Å²) in [5, 5.41) is 0. The number of likely N-dealkylation sites (N-methyl/N-ethyl adjacent to an activating group) is 1. The Morgan fingerprint density at radius 1 is 0.432 bits per heavy atom. The summed E-state index contributed by atoms with van der Waals surface area (Å²) < 4.78 is 34.1. The van der Waals surface area contributed by atoms with Gasteiger partial charge in [0.05, 0.1) is 27.7 Å². The summed E-state index contributed by atoms with van der Waals surface area (Å²) in [5.41, 5.74) is 0. The van der Waals surface area contributed by atoms with Gasteiger partial charge in [-0.1, -0.05) is 232 Å². The van der Waals surface area contributed by atoms with Crippen LogP contribution in [0.4, 0.5) is 0 Å². The first-order chi connectivity index (χ1) is 36.0. The molecule has 0 N–H and O–H groups in total. The molecule has 0 rings (SSSR count). The van der Waals surface area contributed by atoms with Gasteiger partial charge in [0.2, 0.25) is 0 Å². The average Bonchev–Trinajstić information content (AvgIpc) is 3.36. The lowest BCUT2D eigenvalue weighted by Gasteiger charge is -2.28. The molecule has 0 amide bonds. The molecular weight excluding hydrogens is 942 g/mol. The molecule has 0 aromatic rings. The number of phosphoric ester groups is 1. The highest BCUT2D eigenvalue weighted by atomic mass is 31.2. The number of esters is 2. The van der Waals surface area contributed by atoms with Crippen molar-refractivity contribution in [3.63, 3.8) is 0 Å². The second-order valence-electron chi connectivity index (χ2n) is 20.6. The van der Waals surface area contributed by atoms with Crippen LogP contribution < -0.4 is 4.89 Å². The first-order valence-corrected chi connectivity index (χ1v) is 31.1. The lowest BCUT2D eigenvalue weighted by molar-refractivity contribution is -0.870. The molecule has 0 bridgehead atoms. The number of carbonyl (C=O) groups is 2. The lowest BCUT2D eigenvalue weighted by Crippen LogP contribution is -2.37. The highest BCUT2D eigenvalue weighted by Gasteiger charge is 2.21. The number of hydrogen-bond acceptors (Lipinski definition) is 8. The van der Waals surface area contributed by atoms with Crippen LogP contribution >= 0.6 is 7.82 Å². The van der Waals surface area contributed by atoms with E-state index in [4.69, 9.17) is 18.5 Å². The van der Waals surface area contributed by atoms with Crippen LogP contribution in [0.1, 0.15) is 232 Å². The smallest absolute Gasteiger partial charge is 0.306 e. The Labute approximate surface area is 455 Å². The number of phosphoric acid groups is 1. The Morgan fingerprint density at radius 3 is 1.19 bits per heavy atom. The summed E-state index contributed by atoms with van der Waals surface area (Å²) in [6.07, 6.45) is 75.8. The SMILES string of the molecule is CC/C=C\C/C=C\C/C=C\C/C=C\C/C=C\C/C=C\C/C=C\CCCC(=O)OC(COC(=O)CCCCCCCCCCCCCCCCC/C=C\C/C=C\CCCCCCC)COP(=O)([O-])OCC[N+](C)(C)C. The van der Waals surface area contributed by atoms with Gasteiger partial charge in [0.25, 0.3) is 7.82 Å². The molecule has 9 nitrogen and oxygen atoms in total. The lowest BCUT2D eigenvalue weighted by atomic mass is 10.0. The molecule has 0 aromatic carbocycles. The number of ether oxygens (including phenoxy) is 2. The number of quaternary nitrogens is 1. The maximum Gasteiger partial charge on any atom is 0.306 e. The summed E-state index contributed by atoms with van der Waals surface area (Å²) in [6, 6.07) is 0. The molecule has 424 valence electrons. The first-order valence-electron chi connectivity index (χ1n) is 29.6. The molecule has 0 aliphatic heterocycles. The van der Waals surface area contributed by atoms with Gasteiger partial charge in [-0.05, 0) is 96.3 Å². The highest BCUT2D eigenvalue weighted by Crippen LogP contribution is 2.38. The minimum Gasteiger partial charge on any atom is -0.756 e. The van der Waals surface area contributed by atoms with Crippen molar-refractivity contribution in [2.45, 2.75) is 238 Å². The predicted molar refractivity (Wildman–Crippen MR) is 314 cm³/mol. The number of unbranched alkanes of at least 4 members (excludes halogenated alkanes) is 21. The van der Waals surface area contributed by atoms with Crippen molar-refractivity contribution in [3.05, 3.63) is 109 Å². The first kappa shape index (κ1) is 70.7. The van der Waals surface area contributed by atoms with Crippen LogP contribution in [0.5, 0.6) is 0 Å². The summed E-state index contributed by atoms with van der Waals surface area (Å²) >= 11 is 0. The fraction of sp³-hybridized carbons (Fsp3) is 0.688. The van der Waals surface area contributed by atoms with E-state index in [1.807, 2.05) is 27.2 Å². The summed E-state index contributed by atoms with van der Waals surface area (Å²) in [7, 11) is 1.12. The molecule has 10 heteroatoms. The van der Waals surface area contributed by atoms with E-state index in [2.05, 4.69) is 117 Å². The van der Waals surface area contributed by atoms with Gasteiger partial charge in [-0.3, -0.25) is 14.2 Å². The summed E-state index contributed by atoms with van der Waals surface area (Å²) in [5.74, 6) is -0.906. The van der Waals surface area contributed by atoms with E-state index in [0.717, 1.165) is 70.6 Å². The van der Waals surface area contributed by atoms with Crippen molar-refractivity contribution in [3.8, 4) is 0 Å². The molecule has 0 aliphatic rings. The van der Waals surface area contributed by atoms with Crippen LogP contribution in [-0.4, -0.2) is 70.0 Å². The summed E-state index contributed by atoms with van der Waals surface area (Å²) in [6.45, 7) is 4.05. The predicted octanol–water partition coefficient (Wildman–Crippen LogP) is 18.0. The minimum absolute atomic E-state index is 0.0471. The average molecular weight is 1050 g/mol. The Balaban J connectivity index is 4.25. The molecule has 0 aliphatic carbocycles. The topological polar surface area (TPSA) is 111 Å². The summed E-state index contributed by atoms with van der Waals surface area (Å²) in [4.78, 5) is 37.9. The van der Waals surface area contributed by atoms with Crippen LogP contribution in [-0.2, 0) is 32.7 Å². The van der Waals surface area contributed by atoms with E-state index in [0.29, 0.717) is 23.9 Å². The van der Waals surface area contributed by atoms with E-state index in [1.54, 1.807) is 0 Å². The van der Waals surface area contributed by atoms with Gasteiger partial charge >= 0.3 is 11.9 Å². The van der Waals surface area contributed by atoms with Gasteiger partial charge in [-0.25, -0.2) is 0 Å². The van der Waals surface area contributed by atoms with Crippen LogP contribution in [0.2, 0.25) is 0 Å². The number of carbonyl (C=O) groups excluding carboxylic acids is 2. The molecule has 0 fully saturated rings. The normalized spacial score (nSPS) is 14.1. The Hall–Kier alpha value is -3.33. The number of nitrogens with zero attached hydrogens (tertiary/aromatic N) is 1. The quantitative estimate of drug-likeness (QED) is 0.0195. The Bertz CT molecular complexity index is 1620. The van der Waals surface area contributed by atoms with Gasteiger partial charge in [0.1, 0.15) is 19.8 Å². The molecular formula is C64H110NO8P. The van der Waals surface area contributed by atoms with Gasteiger partial charge in [0.15, 0.2) is 6.10 Å². The molecule has 0 heterocycles. The molecule has 2 atom stereocenters. The Morgan fingerprint density at radius 2 is 0.784 bits per heavy atom. The largest absolute Gasteiger partial charge is 0.756 e. The minimum atomic E-state index is -4.66. The molecule has 0 saturated heterocycles. The maximum atomic E-state index is 12.8. The van der Waals surface area contributed by atoms with E-state index in [1.165, 1.54) is 122 Å². The van der Waals surface area contributed by atoms with E-state index >= 15 is 0 Å². The van der Waals surface area contributed by atoms with Crippen LogP contribution in [0.3, 0.4) is 0 Å². The fourth-order valence-corrected chi connectivity index (χ4v) is 8.46. The van der Waals surface area contributed by atoms with Crippen molar-refractivity contribution < 1.29 is 42.1 Å². The second-order valence-corrected chi connectivity index (χ2v) is 22.0. The van der Waals surface area contributed by atoms with E-state index in [9.17, 15) is 19.0 Å². The van der Waals surface area contributed by atoms with Crippen LogP contribution in [0, 0.1) is 0 Å². The number of hydrogen-bond donors (Lipinski definition) is 0. The maximum absolute atomic E-state index is 12.8. The van der Waals surface area contributed by atoms with Crippen molar-refractivity contribution in [1.29, 1.82) is 0 Å². The van der Waals surface area contributed by atoms with Crippen molar-refractivity contribution in [2.75, 3.05) is 47.5 Å². The third kappa shape index (κ3) is 57.9. The molecule has 0 spiro atoms. The van der Waals surface area contributed by atoms with E-state index < -0.39 is 32.5 Å². The van der Waals surface area contributed by atoms with Crippen LogP contribution in [0.15, 0.2) is 109 Å². The molecule has 2 unspecified atom stereocenters. The molecule has 74 heavy (non-hydrogen) atoms. The molecule has 0 aromatic heterocycles. The van der Waals surface area contributed by atoms with Crippen molar-refractivity contribution in [2.24, 2.45) is 0 Å². The van der Waals surface area contributed by atoms with Gasteiger partial charge in [0, 0.05) is 12.8 Å². The van der Waals surface area contributed by atoms with Gasteiger partial charge < -0.3 is 27.9 Å². The van der Waals surface area contributed by atoms with Gasteiger partial charge in [-0.15, -0.1) is 0 Å². The second kappa shape index (κ2) is 54.5. The zero-order valence-corrected chi connectivity index (χ0v) is 48.9. The van der Waals surface area contributed by atoms with Crippen molar-refractivity contribution in [1.82, 2.24) is 0 Å². The van der Waals surface area contributed by atoms with Crippen LogP contribution in [0.25, 0.3) is 0 Å². The van der Waals surface area contributed by atoms with Crippen molar-refractivity contribution >= 4 is 19.8 Å². The Kier molecular flexibility index (Phi) is 52.0. The molecule has 0 radical (unpaired) electrons.